The van der Waals surface area contributed by atoms with Gasteiger partial charge in [-0.05, 0) is 20.8 Å². The van der Waals surface area contributed by atoms with Crippen molar-refractivity contribution < 1.29 is 19.3 Å². The Kier molecular flexibility index (Phi) is 3.10. The molecule has 2 unspecified atom stereocenters. The molecule has 0 bridgehead atoms. The van der Waals surface area contributed by atoms with Crippen LogP contribution in [0, 0.1) is 0 Å². The molecule has 0 radical (unpaired) electrons. The highest BCUT2D eigenvalue weighted by Crippen LogP contribution is 2.49. The second-order valence-electron chi connectivity index (χ2n) is 5.94. The van der Waals surface area contributed by atoms with Crippen molar-refractivity contribution in [3.63, 3.8) is 0 Å². The summed E-state index contributed by atoms with van der Waals surface area (Å²) in [6, 6.07) is 1.23. The number of aromatic amines is 1. The Morgan fingerprint density at radius 3 is 2.71 bits per heavy atom. The second-order valence-corrected chi connectivity index (χ2v) is 5.94. The van der Waals surface area contributed by atoms with E-state index in [0.717, 1.165) is 0 Å². The van der Waals surface area contributed by atoms with Crippen molar-refractivity contribution in [2.24, 2.45) is 0 Å². The first-order valence-corrected chi connectivity index (χ1v) is 6.72. The molecule has 116 valence electrons. The molecule has 1 aromatic heterocycles. The standard InChI is InChI=1S/C13H18N2O6/c1-12(2)20-9-10(15-5-4-8(17)14-11(15)18)19-7(6-16)13(9,3)21-12/h4-5,7,9-10,16H,6H2,1-3H3,(H,14,17,18)/t7-,9?,10-,13?/m1/s1. The summed E-state index contributed by atoms with van der Waals surface area (Å²) in [7, 11) is 0. The molecule has 0 aliphatic carbocycles. The zero-order valence-corrected chi connectivity index (χ0v) is 12.0. The van der Waals surface area contributed by atoms with Crippen LogP contribution in [0.15, 0.2) is 21.9 Å². The molecule has 2 N–H and O–H groups in total. The first-order chi connectivity index (χ1) is 9.77. The van der Waals surface area contributed by atoms with Crippen molar-refractivity contribution in [2.75, 3.05) is 6.61 Å². The van der Waals surface area contributed by atoms with Crippen LogP contribution in [0.5, 0.6) is 0 Å². The highest BCUT2D eigenvalue weighted by atomic mass is 16.8. The molecule has 0 aromatic carbocycles. The number of rotatable bonds is 2. The van der Waals surface area contributed by atoms with Crippen LogP contribution in [0.2, 0.25) is 0 Å². The van der Waals surface area contributed by atoms with E-state index < -0.39 is 41.1 Å². The number of fused-ring (bicyclic) bond motifs is 1. The summed E-state index contributed by atoms with van der Waals surface area (Å²) in [5.74, 6) is -0.847. The average Bonchev–Trinajstić information content (AvgIpc) is 2.76. The number of H-pyrrole nitrogens is 1. The molecule has 0 saturated carbocycles. The van der Waals surface area contributed by atoms with Crippen molar-refractivity contribution >= 4 is 0 Å². The molecule has 1 aromatic rings. The topological polar surface area (TPSA) is 103 Å². The van der Waals surface area contributed by atoms with E-state index in [1.54, 1.807) is 20.8 Å². The third kappa shape index (κ3) is 2.15. The molecular formula is C13H18N2O6. The van der Waals surface area contributed by atoms with Gasteiger partial charge >= 0.3 is 5.69 Å². The van der Waals surface area contributed by atoms with Gasteiger partial charge in [-0.15, -0.1) is 0 Å². The summed E-state index contributed by atoms with van der Waals surface area (Å²) in [5.41, 5.74) is -1.96. The van der Waals surface area contributed by atoms with Crippen molar-refractivity contribution in [1.82, 2.24) is 9.55 Å². The Morgan fingerprint density at radius 2 is 2.10 bits per heavy atom. The Bertz CT molecular complexity index is 665. The lowest BCUT2D eigenvalue weighted by Gasteiger charge is -2.28. The van der Waals surface area contributed by atoms with Gasteiger partial charge in [0.2, 0.25) is 0 Å². The maximum atomic E-state index is 11.9. The highest BCUT2D eigenvalue weighted by molar-refractivity contribution is 5.07. The van der Waals surface area contributed by atoms with Gasteiger partial charge in [-0.1, -0.05) is 0 Å². The Balaban J connectivity index is 2.05. The second kappa shape index (κ2) is 4.51. The van der Waals surface area contributed by atoms with Gasteiger partial charge in [0.05, 0.1) is 6.61 Å². The van der Waals surface area contributed by atoms with E-state index in [2.05, 4.69) is 4.98 Å². The summed E-state index contributed by atoms with van der Waals surface area (Å²) < 4.78 is 18.7. The molecule has 3 heterocycles. The summed E-state index contributed by atoms with van der Waals surface area (Å²) in [4.78, 5) is 25.3. The molecule has 0 spiro atoms. The van der Waals surface area contributed by atoms with Crippen LogP contribution in [-0.2, 0) is 14.2 Å². The number of hydrogen-bond donors (Lipinski definition) is 2. The maximum absolute atomic E-state index is 11.9. The molecule has 8 nitrogen and oxygen atoms in total. The van der Waals surface area contributed by atoms with Gasteiger partial charge in [-0.3, -0.25) is 14.3 Å². The van der Waals surface area contributed by atoms with Crippen LogP contribution in [-0.4, -0.2) is 44.9 Å². The zero-order chi connectivity index (χ0) is 15.4. The van der Waals surface area contributed by atoms with E-state index in [1.165, 1.54) is 16.8 Å². The number of aliphatic hydroxyl groups excluding tert-OH is 1. The number of aromatic nitrogens is 2. The van der Waals surface area contributed by atoms with E-state index in [0.29, 0.717) is 0 Å². The van der Waals surface area contributed by atoms with Crippen LogP contribution in [0.4, 0.5) is 0 Å². The van der Waals surface area contributed by atoms with Crippen molar-refractivity contribution in [1.29, 1.82) is 0 Å². The summed E-state index contributed by atoms with van der Waals surface area (Å²) in [6.45, 7) is 5.04. The first-order valence-electron chi connectivity index (χ1n) is 6.72. The van der Waals surface area contributed by atoms with E-state index in [1.807, 2.05) is 0 Å². The molecule has 2 aliphatic heterocycles. The predicted molar refractivity (Wildman–Crippen MR) is 70.8 cm³/mol. The SMILES string of the molecule is CC1(C)OC2[C@H](n3ccc(=O)[nH]c3=O)O[C@H](CO)C2(C)O1. The van der Waals surface area contributed by atoms with E-state index in [9.17, 15) is 14.7 Å². The lowest BCUT2D eigenvalue weighted by molar-refractivity contribution is -0.214. The zero-order valence-electron chi connectivity index (χ0n) is 12.0. The van der Waals surface area contributed by atoms with Crippen LogP contribution in [0.1, 0.15) is 27.0 Å². The molecule has 2 aliphatic rings. The smallest absolute Gasteiger partial charge is 0.330 e. The molecular weight excluding hydrogens is 280 g/mol. The van der Waals surface area contributed by atoms with Crippen molar-refractivity contribution in [3.8, 4) is 0 Å². The Hall–Kier alpha value is -1.48. The summed E-state index contributed by atoms with van der Waals surface area (Å²) in [5, 5.41) is 9.52. The van der Waals surface area contributed by atoms with E-state index >= 15 is 0 Å². The largest absolute Gasteiger partial charge is 0.394 e. The molecule has 2 fully saturated rings. The van der Waals surface area contributed by atoms with Crippen LogP contribution < -0.4 is 11.2 Å². The number of hydrogen-bond acceptors (Lipinski definition) is 6. The third-order valence-electron chi connectivity index (χ3n) is 3.93. The van der Waals surface area contributed by atoms with Crippen molar-refractivity contribution in [2.45, 2.75) is 50.6 Å². The Morgan fingerprint density at radius 1 is 1.38 bits per heavy atom. The van der Waals surface area contributed by atoms with Gasteiger partial charge in [-0.25, -0.2) is 4.79 Å². The lowest BCUT2D eigenvalue weighted by Crippen LogP contribution is -2.45. The van der Waals surface area contributed by atoms with Gasteiger partial charge < -0.3 is 19.3 Å². The summed E-state index contributed by atoms with van der Waals surface area (Å²) >= 11 is 0. The third-order valence-corrected chi connectivity index (χ3v) is 3.93. The number of aliphatic hydroxyl groups is 1. The quantitative estimate of drug-likeness (QED) is 0.751. The minimum Gasteiger partial charge on any atom is -0.394 e. The average molecular weight is 298 g/mol. The van der Waals surface area contributed by atoms with Gasteiger partial charge in [0.15, 0.2) is 12.0 Å². The minimum atomic E-state index is -0.876. The first kappa shape index (κ1) is 14.5. The molecule has 2 saturated heterocycles. The molecule has 8 heteroatoms. The predicted octanol–water partition coefficient (Wildman–Crippen LogP) is -0.663. The maximum Gasteiger partial charge on any atom is 0.330 e. The fourth-order valence-electron chi connectivity index (χ4n) is 3.06. The van der Waals surface area contributed by atoms with E-state index in [4.69, 9.17) is 14.2 Å². The number of nitrogens with zero attached hydrogens (tertiary/aromatic N) is 1. The molecule has 0 amide bonds. The van der Waals surface area contributed by atoms with Crippen molar-refractivity contribution in [3.05, 3.63) is 33.1 Å². The Labute approximate surface area is 120 Å². The van der Waals surface area contributed by atoms with Gasteiger partial charge in [0, 0.05) is 12.3 Å². The van der Waals surface area contributed by atoms with E-state index in [-0.39, 0.29) is 6.61 Å². The highest BCUT2D eigenvalue weighted by Gasteiger charge is 2.63. The van der Waals surface area contributed by atoms with Crippen LogP contribution >= 0.6 is 0 Å². The molecule has 4 atom stereocenters. The van der Waals surface area contributed by atoms with Gasteiger partial charge in [0.1, 0.15) is 17.8 Å². The molecule has 3 rings (SSSR count). The summed E-state index contributed by atoms with van der Waals surface area (Å²) in [6.07, 6.45) is -0.639. The fraction of sp³-hybridized carbons (Fsp3) is 0.692. The number of nitrogens with one attached hydrogen (secondary N) is 1. The minimum absolute atomic E-state index is 0.263. The molecule has 21 heavy (non-hydrogen) atoms. The van der Waals surface area contributed by atoms with Crippen LogP contribution in [0.3, 0.4) is 0 Å². The lowest BCUT2D eigenvalue weighted by atomic mass is 9.95. The normalized spacial score (nSPS) is 37.6. The monoisotopic (exact) mass is 298 g/mol. The number of ether oxygens (including phenoxy) is 3. The van der Waals surface area contributed by atoms with Crippen LogP contribution in [0.25, 0.3) is 0 Å². The fourth-order valence-corrected chi connectivity index (χ4v) is 3.06. The van der Waals surface area contributed by atoms with Gasteiger partial charge in [-0.2, -0.15) is 0 Å². The van der Waals surface area contributed by atoms with Gasteiger partial charge in [0.25, 0.3) is 5.56 Å².